The highest BCUT2D eigenvalue weighted by Gasteiger charge is 2.29. The zero-order valence-corrected chi connectivity index (χ0v) is 17.6. The molecule has 1 aromatic rings. The summed E-state index contributed by atoms with van der Waals surface area (Å²) < 4.78 is 0. The zero-order valence-electron chi connectivity index (χ0n) is 16.1. The van der Waals surface area contributed by atoms with Crippen LogP contribution < -0.4 is 10.6 Å². The molecule has 2 unspecified atom stereocenters. The average Bonchev–Trinajstić information content (AvgIpc) is 2.64. The SMILES string of the molecule is CCCCNC(=O)C1CCC(C)N(CCC(=O)Nc2c(Cl)cccc2Cl)C1. The van der Waals surface area contributed by atoms with Crippen molar-refractivity contribution in [2.75, 3.05) is 25.0 Å². The molecule has 1 aliphatic heterocycles. The number of amides is 2. The molecule has 1 aliphatic rings. The molecule has 2 N–H and O–H groups in total. The first-order valence-electron chi connectivity index (χ1n) is 9.68. The second-order valence-electron chi connectivity index (χ2n) is 7.16. The lowest BCUT2D eigenvalue weighted by Crippen LogP contribution is -2.47. The fourth-order valence-electron chi connectivity index (χ4n) is 3.30. The number of halogens is 2. The van der Waals surface area contributed by atoms with Gasteiger partial charge in [-0.1, -0.05) is 42.6 Å². The molecule has 2 amide bonds. The van der Waals surface area contributed by atoms with E-state index in [4.69, 9.17) is 23.2 Å². The second kappa shape index (κ2) is 10.9. The van der Waals surface area contributed by atoms with Gasteiger partial charge in [0.2, 0.25) is 11.8 Å². The Bertz CT molecular complexity index is 634. The molecular weight excluding hydrogens is 385 g/mol. The molecule has 1 heterocycles. The molecule has 1 fully saturated rings. The molecule has 0 aliphatic carbocycles. The van der Waals surface area contributed by atoms with Crippen molar-refractivity contribution in [1.82, 2.24) is 10.2 Å². The van der Waals surface area contributed by atoms with Gasteiger partial charge in [0.15, 0.2) is 0 Å². The minimum absolute atomic E-state index is 0.000806. The first-order valence-corrected chi connectivity index (χ1v) is 10.4. The van der Waals surface area contributed by atoms with Gasteiger partial charge >= 0.3 is 0 Å². The van der Waals surface area contributed by atoms with E-state index in [1.165, 1.54) is 0 Å². The molecule has 0 saturated carbocycles. The van der Waals surface area contributed by atoms with Crippen LogP contribution in [0.3, 0.4) is 0 Å². The summed E-state index contributed by atoms with van der Waals surface area (Å²) in [5.41, 5.74) is 0.450. The smallest absolute Gasteiger partial charge is 0.225 e. The maximum absolute atomic E-state index is 12.3. The number of carbonyl (C=O) groups is 2. The Morgan fingerprint density at radius 3 is 2.59 bits per heavy atom. The highest BCUT2D eigenvalue weighted by molar-refractivity contribution is 6.39. The molecule has 0 bridgehead atoms. The van der Waals surface area contributed by atoms with Gasteiger partial charge < -0.3 is 10.6 Å². The number of unbranched alkanes of at least 4 members (excludes halogenated alkanes) is 1. The van der Waals surface area contributed by atoms with Crippen molar-refractivity contribution < 1.29 is 9.59 Å². The molecule has 5 nitrogen and oxygen atoms in total. The van der Waals surface area contributed by atoms with Gasteiger partial charge in [0.05, 0.1) is 21.7 Å². The lowest BCUT2D eigenvalue weighted by atomic mass is 9.92. The van der Waals surface area contributed by atoms with Crippen LogP contribution in [0.15, 0.2) is 18.2 Å². The molecule has 2 rings (SSSR count). The van der Waals surface area contributed by atoms with Crippen LogP contribution in [-0.4, -0.2) is 42.4 Å². The van der Waals surface area contributed by atoms with E-state index in [1.807, 2.05) is 0 Å². The normalized spacial score (nSPS) is 20.3. The van der Waals surface area contributed by atoms with Crippen LogP contribution in [0.4, 0.5) is 5.69 Å². The summed E-state index contributed by atoms with van der Waals surface area (Å²) in [7, 11) is 0. The average molecular weight is 414 g/mol. The molecule has 150 valence electrons. The standard InChI is InChI=1S/C20H29Cl2N3O2/c1-3-4-11-23-20(27)15-9-8-14(2)25(13-15)12-10-18(26)24-19-16(21)6-5-7-17(19)22/h5-7,14-15H,3-4,8-13H2,1-2H3,(H,23,27)(H,24,26). The van der Waals surface area contributed by atoms with Gasteiger partial charge in [0.25, 0.3) is 0 Å². The van der Waals surface area contributed by atoms with Crippen LogP contribution in [0.25, 0.3) is 0 Å². The van der Waals surface area contributed by atoms with Crippen molar-refractivity contribution in [1.29, 1.82) is 0 Å². The Morgan fingerprint density at radius 2 is 1.93 bits per heavy atom. The van der Waals surface area contributed by atoms with E-state index in [1.54, 1.807) is 18.2 Å². The van der Waals surface area contributed by atoms with Crippen LogP contribution in [0.5, 0.6) is 0 Å². The zero-order chi connectivity index (χ0) is 19.8. The molecule has 1 aromatic carbocycles. The molecular formula is C20H29Cl2N3O2. The largest absolute Gasteiger partial charge is 0.356 e. The first-order chi connectivity index (χ1) is 12.9. The molecule has 0 radical (unpaired) electrons. The number of para-hydroxylation sites is 1. The Hall–Kier alpha value is -1.30. The minimum atomic E-state index is -0.133. The third-order valence-electron chi connectivity index (χ3n) is 5.06. The number of benzene rings is 1. The maximum Gasteiger partial charge on any atom is 0.225 e. The van der Waals surface area contributed by atoms with E-state index in [2.05, 4.69) is 29.4 Å². The third kappa shape index (κ3) is 6.66. The summed E-state index contributed by atoms with van der Waals surface area (Å²) in [6.07, 6.45) is 4.26. The van der Waals surface area contributed by atoms with Gasteiger partial charge in [-0.15, -0.1) is 0 Å². The van der Waals surface area contributed by atoms with Crippen molar-refractivity contribution in [3.05, 3.63) is 28.2 Å². The Kier molecular flexibility index (Phi) is 8.87. The van der Waals surface area contributed by atoms with Crippen molar-refractivity contribution in [2.24, 2.45) is 5.92 Å². The molecule has 2 atom stereocenters. The summed E-state index contributed by atoms with van der Waals surface area (Å²) in [5, 5.41) is 6.66. The third-order valence-corrected chi connectivity index (χ3v) is 5.69. The number of anilines is 1. The fraction of sp³-hybridized carbons (Fsp3) is 0.600. The van der Waals surface area contributed by atoms with Gasteiger partial charge in [0.1, 0.15) is 0 Å². The fourth-order valence-corrected chi connectivity index (χ4v) is 3.79. The van der Waals surface area contributed by atoms with Crippen molar-refractivity contribution >= 4 is 40.7 Å². The van der Waals surface area contributed by atoms with Crippen LogP contribution in [-0.2, 0) is 9.59 Å². The highest BCUT2D eigenvalue weighted by atomic mass is 35.5. The number of likely N-dealkylation sites (tertiary alicyclic amines) is 1. The van der Waals surface area contributed by atoms with Crippen LogP contribution in [0.2, 0.25) is 10.0 Å². The second-order valence-corrected chi connectivity index (χ2v) is 7.97. The lowest BCUT2D eigenvalue weighted by molar-refractivity contribution is -0.127. The topological polar surface area (TPSA) is 61.4 Å². The van der Waals surface area contributed by atoms with Crippen LogP contribution in [0.1, 0.15) is 46.0 Å². The Labute approximate surface area is 171 Å². The Morgan fingerprint density at radius 1 is 1.22 bits per heavy atom. The molecule has 0 aromatic heterocycles. The van der Waals surface area contributed by atoms with E-state index in [-0.39, 0.29) is 17.7 Å². The summed E-state index contributed by atoms with van der Waals surface area (Å²) in [6.45, 7) is 6.29. The minimum Gasteiger partial charge on any atom is -0.356 e. The lowest BCUT2D eigenvalue weighted by Gasteiger charge is -2.37. The van der Waals surface area contributed by atoms with Crippen molar-refractivity contribution in [3.8, 4) is 0 Å². The molecule has 27 heavy (non-hydrogen) atoms. The number of nitrogens with zero attached hydrogens (tertiary/aromatic N) is 1. The van der Waals surface area contributed by atoms with Gasteiger partial charge in [-0.25, -0.2) is 0 Å². The van der Waals surface area contributed by atoms with Crippen LogP contribution in [0, 0.1) is 5.92 Å². The van der Waals surface area contributed by atoms with Crippen LogP contribution >= 0.6 is 23.2 Å². The highest BCUT2D eigenvalue weighted by Crippen LogP contribution is 2.30. The van der Waals surface area contributed by atoms with E-state index in [0.717, 1.165) is 32.2 Å². The number of hydrogen-bond acceptors (Lipinski definition) is 3. The first kappa shape index (κ1) is 22.0. The Balaban J connectivity index is 1.84. The summed E-state index contributed by atoms with van der Waals surface area (Å²) in [5.74, 6) is -0.00139. The molecule has 7 heteroatoms. The van der Waals surface area contributed by atoms with Gasteiger partial charge in [0, 0.05) is 32.1 Å². The summed E-state index contributed by atoms with van der Waals surface area (Å²) >= 11 is 12.2. The predicted molar refractivity (Wildman–Crippen MR) is 111 cm³/mol. The van der Waals surface area contributed by atoms with E-state index >= 15 is 0 Å². The van der Waals surface area contributed by atoms with Gasteiger partial charge in [-0.3, -0.25) is 14.5 Å². The van der Waals surface area contributed by atoms with E-state index < -0.39 is 0 Å². The number of hydrogen-bond donors (Lipinski definition) is 2. The number of piperidine rings is 1. The summed E-state index contributed by atoms with van der Waals surface area (Å²) in [6, 6.07) is 5.48. The summed E-state index contributed by atoms with van der Waals surface area (Å²) in [4.78, 5) is 26.9. The quantitative estimate of drug-likeness (QED) is 0.623. The number of nitrogens with one attached hydrogen (secondary N) is 2. The van der Waals surface area contributed by atoms with E-state index in [9.17, 15) is 9.59 Å². The molecule has 0 spiro atoms. The number of rotatable bonds is 8. The molecule has 1 saturated heterocycles. The van der Waals surface area contributed by atoms with Gasteiger partial charge in [-0.2, -0.15) is 0 Å². The van der Waals surface area contributed by atoms with E-state index in [0.29, 0.717) is 41.3 Å². The van der Waals surface area contributed by atoms with Crippen molar-refractivity contribution in [3.63, 3.8) is 0 Å². The maximum atomic E-state index is 12.3. The van der Waals surface area contributed by atoms with Crippen molar-refractivity contribution in [2.45, 2.75) is 52.0 Å². The predicted octanol–water partition coefficient (Wildman–Crippen LogP) is 4.34. The number of carbonyl (C=O) groups excluding carboxylic acids is 2. The van der Waals surface area contributed by atoms with Gasteiger partial charge in [-0.05, 0) is 38.3 Å². The monoisotopic (exact) mass is 413 g/mol.